The highest BCUT2D eigenvalue weighted by molar-refractivity contribution is 8.01. The van der Waals surface area contributed by atoms with E-state index in [1.165, 1.54) is 39.8 Å². The molecule has 13 heteroatoms. The van der Waals surface area contributed by atoms with Gasteiger partial charge in [-0.05, 0) is 35.8 Å². The number of aliphatic carboxylic acids is 1. The predicted octanol–water partition coefficient (Wildman–Crippen LogP) is 1.31. The summed E-state index contributed by atoms with van der Waals surface area (Å²) in [7, 11) is 0. The van der Waals surface area contributed by atoms with Crippen molar-refractivity contribution in [2.75, 3.05) is 18.1 Å². The molecule has 0 saturated carbocycles. The fourth-order valence-corrected chi connectivity index (χ4v) is 7.37. The number of hydrogen-bond donors (Lipinski definition) is 3. The molecule has 1 fully saturated rings. The SMILES string of the molecule is Cc1nnc(SCC2=C(C(=O)O)N3C(=O)C(NC(=O)C(N)c4ccc5c(c4)CCO5)C3SC2)s1. The molecule has 3 atom stereocenters. The summed E-state index contributed by atoms with van der Waals surface area (Å²) < 4.78 is 6.23. The number of carbonyl (C=O) groups excluding carboxylic acids is 2. The van der Waals surface area contributed by atoms with E-state index in [4.69, 9.17) is 10.5 Å². The number of rotatable bonds is 7. The summed E-state index contributed by atoms with van der Waals surface area (Å²) in [4.78, 5) is 39.0. The normalized spacial score (nSPS) is 21.9. The topological polar surface area (TPSA) is 148 Å². The first-order valence-electron chi connectivity index (χ1n) is 10.5. The van der Waals surface area contributed by atoms with E-state index in [2.05, 4.69) is 15.5 Å². The Kier molecular flexibility index (Phi) is 6.27. The van der Waals surface area contributed by atoms with Crippen molar-refractivity contribution in [1.82, 2.24) is 20.4 Å². The molecule has 5 rings (SSSR count). The highest BCUT2D eigenvalue weighted by atomic mass is 32.2. The molecular formula is C21H21N5O5S3. The number of amides is 2. The molecule has 3 aliphatic heterocycles. The van der Waals surface area contributed by atoms with E-state index in [9.17, 15) is 19.5 Å². The van der Waals surface area contributed by atoms with Crippen molar-refractivity contribution >= 4 is 52.6 Å². The van der Waals surface area contributed by atoms with Gasteiger partial charge in [-0.15, -0.1) is 22.0 Å². The molecule has 3 aliphatic rings. The highest BCUT2D eigenvalue weighted by Crippen LogP contribution is 2.42. The molecule has 1 aromatic heterocycles. The maximum Gasteiger partial charge on any atom is 0.352 e. The van der Waals surface area contributed by atoms with Crippen LogP contribution < -0.4 is 15.8 Å². The number of nitrogens with one attached hydrogen (secondary N) is 1. The van der Waals surface area contributed by atoms with Crippen LogP contribution in [0.25, 0.3) is 0 Å². The number of nitrogens with zero attached hydrogens (tertiary/aromatic N) is 3. The van der Waals surface area contributed by atoms with Crippen molar-refractivity contribution < 1.29 is 24.2 Å². The van der Waals surface area contributed by atoms with Gasteiger partial charge in [-0.3, -0.25) is 14.5 Å². The van der Waals surface area contributed by atoms with Gasteiger partial charge < -0.3 is 20.9 Å². The molecule has 10 nitrogen and oxygen atoms in total. The Morgan fingerprint density at radius 3 is 2.97 bits per heavy atom. The monoisotopic (exact) mass is 519 g/mol. The molecular weight excluding hydrogens is 498 g/mol. The summed E-state index contributed by atoms with van der Waals surface area (Å²) in [5.41, 5.74) is 8.43. The molecule has 4 heterocycles. The van der Waals surface area contributed by atoms with Crippen LogP contribution in [-0.2, 0) is 20.8 Å². The second-order valence-electron chi connectivity index (χ2n) is 7.97. The van der Waals surface area contributed by atoms with Crippen molar-refractivity contribution in [2.45, 2.75) is 35.1 Å². The van der Waals surface area contributed by atoms with E-state index in [1.807, 2.05) is 13.0 Å². The summed E-state index contributed by atoms with van der Waals surface area (Å²) in [6, 6.07) is 3.62. The molecule has 0 aliphatic carbocycles. The first kappa shape index (κ1) is 23.1. The minimum Gasteiger partial charge on any atom is -0.493 e. The Hall–Kier alpha value is -2.61. The fourth-order valence-electron chi connectivity index (χ4n) is 4.07. The van der Waals surface area contributed by atoms with Gasteiger partial charge in [-0.1, -0.05) is 29.2 Å². The van der Waals surface area contributed by atoms with Gasteiger partial charge in [0, 0.05) is 17.9 Å². The molecule has 1 aromatic carbocycles. The zero-order chi connectivity index (χ0) is 24.0. The van der Waals surface area contributed by atoms with Crippen LogP contribution in [0.4, 0.5) is 0 Å². The lowest BCUT2D eigenvalue weighted by Gasteiger charge is -2.49. The fraction of sp³-hybridized carbons (Fsp3) is 0.381. The van der Waals surface area contributed by atoms with Crippen LogP contribution >= 0.6 is 34.9 Å². The minimum absolute atomic E-state index is 0.0177. The summed E-state index contributed by atoms with van der Waals surface area (Å²) in [6.07, 6.45) is 0.760. The van der Waals surface area contributed by atoms with Gasteiger partial charge in [-0.2, -0.15) is 0 Å². The van der Waals surface area contributed by atoms with Crippen molar-refractivity contribution in [2.24, 2.45) is 5.73 Å². The maximum atomic E-state index is 12.9. The molecule has 0 radical (unpaired) electrons. The van der Waals surface area contributed by atoms with Gasteiger partial charge >= 0.3 is 5.97 Å². The summed E-state index contributed by atoms with van der Waals surface area (Å²) in [5, 5.41) is 20.9. The maximum absolute atomic E-state index is 12.9. The van der Waals surface area contributed by atoms with E-state index in [0.717, 1.165) is 27.1 Å². The van der Waals surface area contributed by atoms with Gasteiger partial charge in [0.15, 0.2) is 4.34 Å². The van der Waals surface area contributed by atoms with Gasteiger partial charge in [0.25, 0.3) is 5.91 Å². The number of aryl methyl sites for hydroxylation is 1. The number of β-lactam (4-membered cyclic amide) rings is 1. The van der Waals surface area contributed by atoms with E-state index >= 15 is 0 Å². The second kappa shape index (κ2) is 9.21. The number of benzene rings is 1. The largest absolute Gasteiger partial charge is 0.493 e. The smallest absolute Gasteiger partial charge is 0.352 e. The van der Waals surface area contributed by atoms with Crippen LogP contribution in [0.15, 0.2) is 33.8 Å². The number of nitrogens with two attached hydrogens (primary N) is 1. The lowest BCUT2D eigenvalue weighted by Crippen LogP contribution is -2.71. The zero-order valence-corrected chi connectivity index (χ0v) is 20.5. The number of carboxylic acid groups (broad SMARTS) is 1. The van der Waals surface area contributed by atoms with Crippen LogP contribution in [0.2, 0.25) is 0 Å². The molecule has 0 spiro atoms. The number of carboxylic acids is 1. The third-order valence-electron chi connectivity index (χ3n) is 5.78. The van der Waals surface area contributed by atoms with Gasteiger partial charge in [0.05, 0.1) is 6.61 Å². The number of ether oxygens (including phenoxy) is 1. The van der Waals surface area contributed by atoms with Crippen molar-refractivity contribution in [3.05, 3.63) is 45.6 Å². The Morgan fingerprint density at radius 1 is 1.41 bits per heavy atom. The van der Waals surface area contributed by atoms with Crippen LogP contribution in [-0.4, -0.2) is 67.5 Å². The lowest BCUT2D eigenvalue weighted by molar-refractivity contribution is -0.150. The van der Waals surface area contributed by atoms with Crippen LogP contribution in [0.5, 0.6) is 5.75 Å². The highest BCUT2D eigenvalue weighted by Gasteiger charge is 2.54. The first-order valence-corrected chi connectivity index (χ1v) is 13.3. The third kappa shape index (κ3) is 4.17. The van der Waals surface area contributed by atoms with Crippen LogP contribution in [0.1, 0.15) is 22.2 Å². The molecule has 0 bridgehead atoms. The Labute approximate surface area is 207 Å². The average Bonchev–Trinajstić information content (AvgIpc) is 3.47. The number of aromatic nitrogens is 2. The predicted molar refractivity (Wildman–Crippen MR) is 128 cm³/mol. The van der Waals surface area contributed by atoms with Crippen molar-refractivity contribution in [3.63, 3.8) is 0 Å². The molecule has 2 aromatic rings. The second-order valence-corrected chi connectivity index (χ2v) is 11.5. The standard InChI is InChI=1S/C21H21N5O5S3/c1-9-24-25-21(34-9)33-8-12-7-32-19-15(18(28)26(19)16(12)20(29)30)23-17(27)14(22)11-2-3-13-10(6-11)4-5-31-13/h2-3,6,14-15,19H,4-5,7-8,22H2,1H3,(H,23,27)(H,29,30). The number of carbonyl (C=O) groups is 3. The molecule has 1 saturated heterocycles. The summed E-state index contributed by atoms with van der Waals surface area (Å²) >= 11 is 4.26. The molecule has 4 N–H and O–H groups in total. The van der Waals surface area contributed by atoms with Crippen LogP contribution in [0.3, 0.4) is 0 Å². The number of thioether (sulfide) groups is 2. The van der Waals surface area contributed by atoms with E-state index in [-0.39, 0.29) is 5.70 Å². The molecule has 2 amide bonds. The Bertz CT molecular complexity index is 1220. The van der Waals surface area contributed by atoms with Gasteiger partial charge in [0.2, 0.25) is 5.91 Å². The average molecular weight is 520 g/mol. The zero-order valence-electron chi connectivity index (χ0n) is 18.0. The molecule has 3 unspecified atom stereocenters. The lowest BCUT2D eigenvalue weighted by atomic mass is 10.00. The third-order valence-corrected chi connectivity index (χ3v) is 9.18. The van der Waals surface area contributed by atoms with Gasteiger partial charge in [-0.25, -0.2) is 4.79 Å². The first-order chi connectivity index (χ1) is 16.3. The van der Waals surface area contributed by atoms with Crippen molar-refractivity contribution in [1.29, 1.82) is 0 Å². The number of fused-ring (bicyclic) bond motifs is 2. The van der Waals surface area contributed by atoms with E-state index < -0.39 is 35.2 Å². The van der Waals surface area contributed by atoms with Crippen molar-refractivity contribution in [3.8, 4) is 5.75 Å². The summed E-state index contributed by atoms with van der Waals surface area (Å²) in [5.74, 6) is -0.473. The van der Waals surface area contributed by atoms with E-state index in [1.54, 1.807) is 12.1 Å². The molecule has 178 valence electrons. The van der Waals surface area contributed by atoms with E-state index in [0.29, 0.717) is 29.2 Å². The number of hydrogen-bond acceptors (Lipinski definition) is 10. The Balaban J connectivity index is 1.27. The van der Waals surface area contributed by atoms with Crippen LogP contribution in [0, 0.1) is 6.92 Å². The molecule has 34 heavy (non-hydrogen) atoms. The van der Waals surface area contributed by atoms with Gasteiger partial charge in [0.1, 0.15) is 33.9 Å². The Morgan fingerprint density at radius 2 is 2.24 bits per heavy atom. The summed E-state index contributed by atoms with van der Waals surface area (Å²) in [6.45, 7) is 2.45. The quantitative estimate of drug-likeness (QED) is 0.361. The minimum atomic E-state index is -1.16.